The predicted molar refractivity (Wildman–Crippen MR) is 77.4 cm³/mol. The molecule has 0 aromatic heterocycles. The standard InChI is InChI=1S/C16H21FN2O2/c17-14-3-1-2-13(12-14)16(4-5-16)15(21)19-8-6-18(7-9-19)10-11-20/h1-3,12,20H,4-11H2. The van der Waals surface area contributed by atoms with Gasteiger partial charge in [0.05, 0.1) is 12.0 Å². The van der Waals surface area contributed by atoms with E-state index in [4.69, 9.17) is 5.11 Å². The molecule has 1 amide bonds. The number of β-amino-alcohol motifs (C(OH)–C–C–N with tert-alkyl or cyclic N) is 1. The van der Waals surface area contributed by atoms with E-state index in [1.165, 1.54) is 12.1 Å². The molecule has 0 radical (unpaired) electrons. The smallest absolute Gasteiger partial charge is 0.233 e. The molecule has 5 heteroatoms. The van der Waals surface area contributed by atoms with Gasteiger partial charge in [0.25, 0.3) is 0 Å². The van der Waals surface area contributed by atoms with E-state index >= 15 is 0 Å². The van der Waals surface area contributed by atoms with Crippen LogP contribution in [0.4, 0.5) is 4.39 Å². The summed E-state index contributed by atoms with van der Waals surface area (Å²) in [6.07, 6.45) is 1.62. The number of halogens is 1. The lowest BCUT2D eigenvalue weighted by Gasteiger charge is -2.36. The molecule has 114 valence electrons. The summed E-state index contributed by atoms with van der Waals surface area (Å²) >= 11 is 0. The number of piperazine rings is 1. The molecule has 1 heterocycles. The van der Waals surface area contributed by atoms with Crippen LogP contribution in [-0.4, -0.2) is 60.1 Å². The molecule has 0 atom stereocenters. The minimum absolute atomic E-state index is 0.136. The number of carbonyl (C=O) groups is 1. The van der Waals surface area contributed by atoms with E-state index in [0.29, 0.717) is 19.6 Å². The lowest BCUT2D eigenvalue weighted by atomic mass is 9.94. The third kappa shape index (κ3) is 2.80. The molecule has 1 aliphatic carbocycles. The third-order valence-corrected chi connectivity index (χ3v) is 4.61. The van der Waals surface area contributed by atoms with E-state index < -0.39 is 5.41 Å². The number of hydrogen-bond acceptors (Lipinski definition) is 3. The maximum atomic E-state index is 13.4. The van der Waals surface area contributed by atoms with Crippen LogP contribution in [-0.2, 0) is 10.2 Å². The van der Waals surface area contributed by atoms with Crippen LogP contribution in [0.1, 0.15) is 18.4 Å². The van der Waals surface area contributed by atoms with Crippen molar-refractivity contribution in [2.24, 2.45) is 0 Å². The van der Waals surface area contributed by atoms with Gasteiger partial charge in [0.2, 0.25) is 5.91 Å². The number of nitrogens with zero attached hydrogens (tertiary/aromatic N) is 2. The fourth-order valence-electron chi connectivity index (χ4n) is 3.16. The van der Waals surface area contributed by atoms with Crippen molar-refractivity contribution in [3.8, 4) is 0 Å². The van der Waals surface area contributed by atoms with Gasteiger partial charge < -0.3 is 10.0 Å². The highest BCUT2D eigenvalue weighted by atomic mass is 19.1. The molecule has 1 N–H and O–H groups in total. The number of aliphatic hydroxyl groups excluding tert-OH is 1. The summed E-state index contributed by atoms with van der Waals surface area (Å²) in [5.74, 6) is -0.143. The average molecular weight is 292 g/mol. The maximum absolute atomic E-state index is 13.4. The molecule has 1 aromatic carbocycles. The van der Waals surface area contributed by atoms with Crippen molar-refractivity contribution in [2.75, 3.05) is 39.3 Å². The molecule has 2 aliphatic rings. The van der Waals surface area contributed by atoms with Crippen molar-refractivity contribution in [3.05, 3.63) is 35.6 Å². The van der Waals surface area contributed by atoms with Gasteiger partial charge >= 0.3 is 0 Å². The summed E-state index contributed by atoms with van der Waals surface area (Å²) in [4.78, 5) is 16.8. The topological polar surface area (TPSA) is 43.8 Å². The van der Waals surface area contributed by atoms with Crippen LogP contribution in [0, 0.1) is 5.82 Å². The Morgan fingerprint density at radius 2 is 1.95 bits per heavy atom. The Bertz CT molecular complexity index is 523. The maximum Gasteiger partial charge on any atom is 0.233 e. The summed E-state index contributed by atoms with van der Waals surface area (Å²) < 4.78 is 13.4. The first-order valence-electron chi connectivity index (χ1n) is 7.54. The van der Waals surface area contributed by atoms with Crippen LogP contribution >= 0.6 is 0 Å². The summed E-state index contributed by atoms with van der Waals surface area (Å²) in [7, 11) is 0. The molecule has 0 spiro atoms. The fourth-order valence-corrected chi connectivity index (χ4v) is 3.16. The van der Waals surface area contributed by atoms with Gasteiger partial charge in [-0.1, -0.05) is 12.1 Å². The van der Waals surface area contributed by atoms with Crippen LogP contribution < -0.4 is 0 Å². The second-order valence-corrected chi connectivity index (χ2v) is 5.95. The van der Waals surface area contributed by atoms with Gasteiger partial charge in [0, 0.05) is 32.7 Å². The Balaban J connectivity index is 1.68. The Morgan fingerprint density at radius 1 is 1.24 bits per heavy atom. The van der Waals surface area contributed by atoms with Crippen LogP contribution in [0.5, 0.6) is 0 Å². The first-order valence-corrected chi connectivity index (χ1v) is 7.54. The number of rotatable bonds is 4. The van der Waals surface area contributed by atoms with Crippen LogP contribution in [0.2, 0.25) is 0 Å². The molecule has 0 bridgehead atoms. The van der Waals surface area contributed by atoms with Crippen molar-refractivity contribution in [1.82, 2.24) is 9.80 Å². The highest BCUT2D eigenvalue weighted by molar-refractivity contribution is 5.91. The van der Waals surface area contributed by atoms with E-state index in [9.17, 15) is 9.18 Å². The van der Waals surface area contributed by atoms with Crippen molar-refractivity contribution < 1.29 is 14.3 Å². The summed E-state index contributed by atoms with van der Waals surface area (Å²) in [6, 6.07) is 6.44. The second kappa shape index (κ2) is 5.73. The van der Waals surface area contributed by atoms with E-state index in [1.807, 2.05) is 11.0 Å². The molecular formula is C16H21FN2O2. The Morgan fingerprint density at radius 3 is 2.52 bits per heavy atom. The fraction of sp³-hybridized carbons (Fsp3) is 0.562. The quantitative estimate of drug-likeness (QED) is 0.900. The second-order valence-electron chi connectivity index (χ2n) is 5.95. The van der Waals surface area contributed by atoms with E-state index in [2.05, 4.69) is 4.90 Å². The first-order chi connectivity index (χ1) is 10.2. The molecule has 0 unspecified atom stereocenters. The number of benzene rings is 1. The summed E-state index contributed by atoms with van der Waals surface area (Å²) in [5, 5.41) is 8.95. The Hall–Kier alpha value is -1.46. The number of amides is 1. The van der Waals surface area contributed by atoms with Crippen LogP contribution in [0.25, 0.3) is 0 Å². The zero-order valence-corrected chi connectivity index (χ0v) is 12.1. The SMILES string of the molecule is O=C(N1CCN(CCO)CC1)C1(c2cccc(F)c2)CC1. The monoisotopic (exact) mass is 292 g/mol. The Kier molecular flexibility index (Phi) is 3.95. The third-order valence-electron chi connectivity index (χ3n) is 4.61. The zero-order chi connectivity index (χ0) is 14.9. The molecule has 3 rings (SSSR count). The number of aliphatic hydroxyl groups is 1. The first kappa shape index (κ1) is 14.5. The zero-order valence-electron chi connectivity index (χ0n) is 12.1. The molecule has 1 aliphatic heterocycles. The van der Waals surface area contributed by atoms with E-state index in [-0.39, 0.29) is 18.3 Å². The minimum Gasteiger partial charge on any atom is -0.395 e. The molecular weight excluding hydrogens is 271 g/mol. The van der Waals surface area contributed by atoms with E-state index in [0.717, 1.165) is 31.5 Å². The Labute approximate surface area is 124 Å². The molecule has 1 aromatic rings. The van der Waals surface area contributed by atoms with Crippen LogP contribution in [0.3, 0.4) is 0 Å². The molecule has 1 saturated carbocycles. The molecule has 1 saturated heterocycles. The van der Waals surface area contributed by atoms with Crippen LogP contribution in [0.15, 0.2) is 24.3 Å². The van der Waals surface area contributed by atoms with Crippen molar-refractivity contribution in [2.45, 2.75) is 18.3 Å². The highest BCUT2D eigenvalue weighted by Gasteiger charge is 2.53. The van der Waals surface area contributed by atoms with Crippen molar-refractivity contribution in [1.29, 1.82) is 0 Å². The predicted octanol–water partition coefficient (Wildman–Crippen LogP) is 0.994. The molecule has 2 fully saturated rings. The van der Waals surface area contributed by atoms with Gasteiger partial charge in [-0.15, -0.1) is 0 Å². The lowest BCUT2D eigenvalue weighted by Crippen LogP contribution is -2.52. The lowest BCUT2D eigenvalue weighted by molar-refractivity contribution is -0.135. The normalized spacial score (nSPS) is 21.3. The number of carbonyl (C=O) groups excluding carboxylic acids is 1. The number of hydrogen-bond donors (Lipinski definition) is 1. The van der Waals surface area contributed by atoms with E-state index in [1.54, 1.807) is 6.07 Å². The van der Waals surface area contributed by atoms with Gasteiger partial charge in [-0.3, -0.25) is 9.69 Å². The van der Waals surface area contributed by atoms with Gasteiger partial charge in [-0.25, -0.2) is 4.39 Å². The average Bonchev–Trinajstić information content (AvgIpc) is 3.29. The van der Waals surface area contributed by atoms with Gasteiger partial charge in [-0.2, -0.15) is 0 Å². The summed E-state index contributed by atoms with van der Waals surface area (Å²) in [6.45, 7) is 3.79. The van der Waals surface area contributed by atoms with Crippen molar-refractivity contribution in [3.63, 3.8) is 0 Å². The highest BCUT2D eigenvalue weighted by Crippen LogP contribution is 2.49. The largest absolute Gasteiger partial charge is 0.395 e. The molecule has 4 nitrogen and oxygen atoms in total. The van der Waals surface area contributed by atoms with Gasteiger partial charge in [0.15, 0.2) is 0 Å². The van der Waals surface area contributed by atoms with Gasteiger partial charge in [0.1, 0.15) is 5.82 Å². The summed E-state index contributed by atoms with van der Waals surface area (Å²) in [5.41, 5.74) is 0.326. The minimum atomic E-state index is -0.485. The van der Waals surface area contributed by atoms with Gasteiger partial charge in [-0.05, 0) is 30.5 Å². The molecule has 21 heavy (non-hydrogen) atoms. The van der Waals surface area contributed by atoms with Crippen molar-refractivity contribution >= 4 is 5.91 Å².